The summed E-state index contributed by atoms with van der Waals surface area (Å²) in [6.45, 7) is 4.20. The molecule has 18 heavy (non-hydrogen) atoms. The molecule has 0 saturated heterocycles. The zero-order valence-corrected chi connectivity index (χ0v) is 11.4. The van der Waals surface area contributed by atoms with Crippen molar-refractivity contribution in [2.45, 2.75) is 26.7 Å². The van der Waals surface area contributed by atoms with Gasteiger partial charge >= 0.3 is 10.4 Å². The van der Waals surface area contributed by atoms with Crippen LogP contribution < -0.4 is 17.6 Å². The van der Waals surface area contributed by atoms with E-state index in [1.165, 1.54) is 11.1 Å². The first kappa shape index (κ1) is 19.0. The Bertz CT molecular complexity index is 437. The largest absolute Gasteiger partial charge is 0.398 e. The Morgan fingerprint density at radius 2 is 1.22 bits per heavy atom. The number of anilines is 2. The Balaban J connectivity index is 0. The van der Waals surface area contributed by atoms with Gasteiger partial charge in [0.15, 0.2) is 0 Å². The van der Waals surface area contributed by atoms with Crippen molar-refractivity contribution in [1.82, 2.24) is 6.15 Å². The first-order valence-corrected chi connectivity index (χ1v) is 6.45. The summed E-state index contributed by atoms with van der Waals surface area (Å²) in [6, 6.07) is 3.76. The van der Waals surface area contributed by atoms with E-state index in [0.29, 0.717) is 0 Å². The predicted octanol–water partition coefficient (Wildman–Crippen LogP) is 1.49. The molecule has 0 aliphatic heterocycles. The molecule has 0 bridgehead atoms. The fourth-order valence-corrected chi connectivity index (χ4v) is 1.56. The van der Waals surface area contributed by atoms with Gasteiger partial charge in [-0.05, 0) is 36.1 Å². The van der Waals surface area contributed by atoms with Gasteiger partial charge in [-0.15, -0.1) is 0 Å². The normalized spacial score (nSPS) is 10.0. The smallest absolute Gasteiger partial charge is 0.394 e. The third-order valence-electron chi connectivity index (χ3n) is 2.21. The molecule has 0 amide bonds. The lowest BCUT2D eigenvalue weighted by molar-refractivity contribution is 0.381. The molecule has 1 rings (SSSR count). The molecule has 106 valence electrons. The molecule has 0 saturated carbocycles. The predicted molar refractivity (Wildman–Crippen MR) is 73.2 cm³/mol. The lowest BCUT2D eigenvalue weighted by atomic mass is 9.99. The minimum atomic E-state index is -4.67. The zero-order chi connectivity index (χ0) is 13.6. The van der Waals surface area contributed by atoms with E-state index in [9.17, 15) is 0 Å². The quantitative estimate of drug-likeness (QED) is 0.404. The lowest BCUT2D eigenvalue weighted by Crippen LogP contribution is -2.02. The maximum Gasteiger partial charge on any atom is 0.394 e. The Kier molecular flexibility index (Phi) is 8.31. The van der Waals surface area contributed by atoms with Crippen LogP contribution in [-0.2, 0) is 23.2 Å². The average Bonchev–Trinajstić information content (AvgIpc) is 2.18. The van der Waals surface area contributed by atoms with Crippen LogP contribution in [0.3, 0.4) is 0 Å². The molecule has 0 unspecified atom stereocenters. The Hall–Kier alpha value is -1.35. The molecular formula is C10H21N3O4S. The van der Waals surface area contributed by atoms with E-state index in [1.807, 2.05) is 12.1 Å². The Morgan fingerprint density at radius 1 is 1.00 bits per heavy atom. The second kappa shape index (κ2) is 7.88. The standard InChI is InChI=1S/C10H16N2.H3N.H2O4S/c1-3-7-8(4-2)10(12)6-5-9(7)11;;1-5(2,3)4/h5-6H,3-4,11-12H2,1-2H3;1H3;(H2,1,2,3,4). The highest BCUT2D eigenvalue weighted by molar-refractivity contribution is 7.79. The summed E-state index contributed by atoms with van der Waals surface area (Å²) < 4.78 is 31.6. The summed E-state index contributed by atoms with van der Waals surface area (Å²) in [4.78, 5) is 0. The van der Waals surface area contributed by atoms with Crippen LogP contribution in [0, 0.1) is 0 Å². The number of nitrogens with two attached hydrogens (primary N) is 2. The highest BCUT2D eigenvalue weighted by atomic mass is 32.3. The number of hydrogen-bond donors (Lipinski definition) is 5. The summed E-state index contributed by atoms with van der Waals surface area (Å²) in [5.74, 6) is 0. The van der Waals surface area contributed by atoms with E-state index < -0.39 is 10.4 Å². The number of benzene rings is 1. The van der Waals surface area contributed by atoms with Crippen molar-refractivity contribution in [2.24, 2.45) is 0 Å². The molecule has 0 spiro atoms. The van der Waals surface area contributed by atoms with Crippen molar-refractivity contribution >= 4 is 21.8 Å². The Morgan fingerprint density at radius 3 is 1.39 bits per heavy atom. The first-order chi connectivity index (χ1) is 7.70. The highest BCUT2D eigenvalue weighted by Crippen LogP contribution is 2.23. The number of nitrogen functional groups attached to an aromatic ring is 2. The molecule has 0 aromatic heterocycles. The average molecular weight is 279 g/mol. The maximum absolute atomic E-state index is 8.74. The van der Waals surface area contributed by atoms with Gasteiger partial charge < -0.3 is 17.6 Å². The van der Waals surface area contributed by atoms with E-state index in [-0.39, 0.29) is 6.15 Å². The van der Waals surface area contributed by atoms with Gasteiger partial charge in [0.25, 0.3) is 0 Å². The van der Waals surface area contributed by atoms with Crippen molar-refractivity contribution < 1.29 is 17.5 Å². The van der Waals surface area contributed by atoms with Crippen LogP contribution in [0.25, 0.3) is 0 Å². The summed E-state index contributed by atoms with van der Waals surface area (Å²) in [5, 5.41) is 0. The van der Waals surface area contributed by atoms with E-state index in [1.54, 1.807) is 0 Å². The molecule has 0 atom stereocenters. The minimum absolute atomic E-state index is 0. The van der Waals surface area contributed by atoms with E-state index in [4.69, 9.17) is 29.0 Å². The van der Waals surface area contributed by atoms with Crippen molar-refractivity contribution in [3.63, 3.8) is 0 Å². The monoisotopic (exact) mass is 279 g/mol. The van der Waals surface area contributed by atoms with Crippen LogP contribution in [-0.4, -0.2) is 17.5 Å². The van der Waals surface area contributed by atoms with Gasteiger partial charge in [0.1, 0.15) is 0 Å². The number of rotatable bonds is 2. The van der Waals surface area contributed by atoms with Crippen molar-refractivity contribution in [3.05, 3.63) is 23.3 Å². The van der Waals surface area contributed by atoms with Crippen LogP contribution >= 0.6 is 0 Å². The molecule has 0 fully saturated rings. The van der Waals surface area contributed by atoms with Gasteiger partial charge in [-0.2, -0.15) is 8.42 Å². The second-order valence-corrected chi connectivity index (χ2v) is 4.25. The topological polar surface area (TPSA) is 162 Å². The molecule has 0 aliphatic rings. The van der Waals surface area contributed by atoms with Gasteiger partial charge in [0.05, 0.1) is 0 Å². The van der Waals surface area contributed by atoms with Crippen molar-refractivity contribution in [1.29, 1.82) is 0 Å². The third kappa shape index (κ3) is 7.07. The maximum atomic E-state index is 8.74. The van der Waals surface area contributed by atoms with Gasteiger partial charge in [-0.3, -0.25) is 9.11 Å². The van der Waals surface area contributed by atoms with Crippen molar-refractivity contribution in [2.75, 3.05) is 11.5 Å². The van der Waals surface area contributed by atoms with E-state index in [2.05, 4.69) is 13.8 Å². The summed E-state index contributed by atoms with van der Waals surface area (Å²) in [6.07, 6.45) is 1.92. The molecule has 0 aliphatic carbocycles. The van der Waals surface area contributed by atoms with Gasteiger partial charge in [0, 0.05) is 11.4 Å². The van der Waals surface area contributed by atoms with Crippen LogP contribution in [0.5, 0.6) is 0 Å². The van der Waals surface area contributed by atoms with Crippen LogP contribution in [0.4, 0.5) is 11.4 Å². The van der Waals surface area contributed by atoms with Gasteiger partial charge in [-0.25, -0.2) is 0 Å². The fourth-order valence-electron chi connectivity index (χ4n) is 1.56. The Labute approximate surface area is 107 Å². The molecule has 9 N–H and O–H groups in total. The summed E-state index contributed by atoms with van der Waals surface area (Å²) in [7, 11) is -4.67. The molecule has 0 heterocycles. The molecular weight excluding hydrogens is 258 g/mol. The molecule has 1 aromatic carbocycles. The zero-order valence-electron chi connectivity index (χ0n) is 10.5. The highest BCUT2D eigenvalue weighted by Gasteiger charge is 2.05. The molecule has 0 radical (unpaired) electrons. The van der Waals surface area contributed by atoms with Crippen LogP contribution in [0.1, 0.15) is 25.0 Å². The first-order valence-electron chi connectivity index (χ1n) is 5.06. The van der Waals surface area contributed by atoms with Gasteiger partial charge in [-0.1, -0.05) is 13.8 Å². The van der Waals surface area contributed by atoms with Crippen LogP contribution in [0.2, 0.25) is 0 Å². The molecule has 8 heteroatoms. The molecule has 1 aromatic rings. The van der Waals surface area contributed by atoms with Gasteiger partial charge in [0.2, 0.25) is 0 Å². The second-order valence-electron chi connectivity index (χ2n) is 3.36. The SMILES string of the molecule is CCc1c(N)ccc(N)c1CC.N.O=S(=O)(O)O. The van der Waals surface area contributed by atoms with E-state index in [0.717, 1.165) is 24.2 Å². The minimum Gasteiger partial charge on any atom is -0.398 e. The van der Waals surface area contributed by atoms with Crippen molar-refractivity contribution in [3.8, 4) is 0 Å². The summed E-state index contributed by atoms with van der Waals surface area (Å²) >= 11 is 0. The fraction of sp³-hybridized carbons (Fsp3) is 0.400. The lowest BCUT2D eigenvalue weighted by Gasteiger charge is -2.11. The third-order valence-corrected chi connectivity index (χ3v) is 2.21. The van der Waals surface area contributed by atoms with E-state index >= 15 is 0 Å². The summed E-state index contributed by atoms with van der Waals surface area (Å²) in [5.41, 5.74) is 15.8. The number of hydrogen-bond acceptors (Lipinski definition) is 5. The molecule has 7 nitrogen and oxygen atoms in total. The van der Waals surface area contributed by atoms with Crippen LogP contribution in [0.15, 0.2) is 12.1 Å².